The van der Waals surface area contributed by atoms with Crippen molar-refractivity contribution in [2.24, 2.45) is 0 Å². The van der Waals surface area contributed by atoms with Crippen LogP contribution in [-0.2, 0) is 4.79 Å². The number of nitrogens with one attached hydrogen (secondary N) is 1. The van der Waals surface area contributed by atoms with Crippen molar-refractivity contribution in [3.05, 3.63) is 89.4 Å². The molecule has 3 aromatic carbocycles. The molecule has 8 heteroatoms. The molecular formula is C28H25ClN4O3. The number of anilines is 1. The number of halogens is 1. The monoisotopic (exact) mass is 500 g/mol. The Morgan fingerprint density at radius 1 is 0.889 bits per heavy atom. The molecule has 1 saturated carbocycles. The number of imide groups is 1. The molecule has 1 N–H and O–H groups in total. The first-order valence-electron chi connectivity index (χ1n) is 12.1. The van der Waals surface area contributed by atoms with E-state index < -0.39 is 6.04 Å². The molecule has 1 unspecified atom stereocenters. The lowest BCUT2D eigenvalue weighted by Crippen LogP contribution is -2.55. The second kappa shape index (κ2) is 8.99. The molecular weight excluding hydrogens is 476 g/mol. The number of amides is 5. The van der Waals surface area contributed by atoms with Gasteiger partial charge in [0.05, 0.1) is 12.2 Å². The number of benzene rings is 3. The average molecular weight is 501 g/mol. The number of fused-ring (bicyclic) bond motifs is 1. The highest BCUT2D eigenvalue weighted by Crippen LogP contribution is 2.47. The molecule has 2 saturated heterocycles. The van der Waals surface area contributed by atoms with E-state index in [0.29, 0.717) is 23.8 Å². The summed E-state index contributed by atoms with van der Waals surface area (Å²) in [4.78, 5) is 44.3. The van der Waals surface area contributed by atoms with E-state index in [9.17, 15) is 14.4 Å². The van der Waals surface area contributed by atoms with Crippen molar-refractivity contribution in [1.29, 1.82) is 0 Å². The molecule has 3 atom stereocenters. The topological polar surface area (TPSA) is 73.0 Å². The van der Waals surface area contributed by atoms with Gasteiger partial charge in [-0.2, -0.15) is 0 Å². The third-order valence-electron chi connectivity index (χ3n) is 7.28. The highest BCUT2D eigenvalue weighted by Gasteiger charge is 2.56. The Bertz CT molecular complexity index is 1330. The van der Waals surface area contributed by atoms with Crippen molar-refractivity contribution in [2.45, 2.75) is 24.4 Å². The maximum atomic E-state index is 13.3. The highest BCUT2D eigenvalue weighted by atomic mass is 35.5. The van der Waals surface area contributed by atoms with Crippen LogP contribution in [0.4, 0.5) is 15.3 Å². The molecule has 5 amide bonds. The molecule has 0 aromatic heterocycles. The first-order chi connectivity index (χ1) is 17.5. The Kier molecular flexibility index (Phi) is 5.64. The number of urea groups is 2. The fraction of sp³-hybridized carbons (Fsp3) is 0.250. The summed E-state index contributed by atoms with van der Waals surface area (Å²) < 4.78 is 0. The molecule has 182 valence electrons. The molecule has 1 aliphatic carbocycles. The predicted octanol–water partition coefficient (Wildman–Crippen LogP) is 5.04. The van der Waals surface area contributed by atoms with Crippen LogP contribution in [0.5, 0.6) is 0 Å². The zero-order valence-corrected chi connectivity index (χ0v) is 20.3. The van der Waals surface area contributed by atoms with Crippen LogP contribution in [0.15, 0.2) is 78.9 Å². The second-order valence-corrected chi connectivity index (χ2v) is 9.89. The Balaban J connectivity index is 1.14. The Morgan fingerprint density at radius 3 is 2.39 bits per heavy atom. The van der Waals surface area contributed by atoms with Crippen molar-refractivity contribution < 1.29 is 14.4 Å². The zero-order chi connectivity index (χ0) is 24.8. The summed E-state index contributed by atoms with van der Waals surface area (Å²) in [5, 5.41) is 3.67. The summed E-state index contributed by atoms with van der Waals surface area (Å²) in [6, 6.07) is 23.7. The van der Waals surface area contributed by atoms with Crippen molar-refractivity contribution in [3.8, 4) is 11.1 Å². The van der Waals surface area contributed by atoms with E-state index >= 15 is 0 Å². The fourth-order valence-corrected chi connectivity index (χ4v) is 5.42. The van der Waals surface area contributed by atoms with Gasteiger partial charge in [-0.3, -0.25) is 9.69 Å². The van der Waals surface area contributed by atoms with Gasteiger partial charge in [0.2, 0.25) is 0 Å². The molecule has 36 heavy (non-hydrogen) atoms. The summed E-state index contributed by atoms with van der Waals surface area (Å²) in [5.41, 5.74) is 3.71. The van der Waals surface area contributed by atoms with Gasteiger partial charge in [-0.15, -0.1) is 0 Å². The lowest BCUT2D eigenvalue weighted by molar-refractivity contribution is -0.129. The standard InChI is InChI=1S/C28H25ClN4O3/c29-20-12-10-19(11-13-20)22-16-24(22)33-26(34)25-17-31(14-15-32(25)28(33)36)27(35)30-23-9-5-4-8-21(23)18-6-2-1-3-7-18/h1-13,22,24-25H,14-17H2,(H,30,35)/t22-,24+,25?/m0/s1. The summed E-state index contributed by atoms with van der Waals surface area (Å²) in [5.74, 6) is -0.0888. The maximum Gasteiger partial charge on any atom is 0.327 e. The van der Waals surface area contributed by atoms with Crippen LogP contribution >= 0.6 is 11.6 Å². The smallest absolute Gasteiger partial charge is 0.320 e. The van der Waals surface area contributed by atoms with Gasteiger partial charge in [0.1, 0.15) is 6.04 Å². The Hall–Kier alpha value is -3.84. The summed E-state index contributed by atoms with van der Waals surface area (Å²) in [7, 11) is 0. The molecule has 7 nitrogen and oxygen atoms in total. The van der Waals surface area contributed by atoms with Crippen LogP contribution in [0.1, 0.15) is 17.9 Å². The summed E-state index contributed by atoms with van der Waals surface area (Å²) >= 11 is 6.00. The normalized spacial score (nSPS) is 23.0. The lowest BCUT2D eigenvalue weighted by atomic mass is 10.0. The van der Waals surface area contributed by atoms with Gasteiger partial charge in [0, 0.05) is 35.6 Å². The Morgan fingerprint density at radius 2 is 1.61 bits per heavy atom. The minimum absolute atomic E-state index is 0.130. The van der Waals surface area contributed by atoms with Gasteiger partial charge >= 0.3 is 12.1 Å². The van der Waals surface area contributed by atoms with Crippen LogP contribution in [0, 0.1) is 0 Å². The number of hydrogen-bond donors (Lipinski definition) is 1. The molecule has 0 radical (unpaired) electrons. The number of carbonyl (C=O) groups is 3. The van der Waals surface area contributed by atoms with Gasteiger partial charge in [-0.05, 0) is 35.7 Å². The molecule has 6 rings (SSSR count). The van der Waals surface area contributed by atoms with Gasteiger partial charge in [0.25, 0.3) is 5.91 Å². The van der Waals surface area contributed by atoms with Crippen molar-refractivity contribution in [3.63, 3.8) is 0 Å². The van der Waals surface area contributed by atoms with Gasteiger partial charge < -0.3 is 15.1 Å². The quantitative estimate of drug-likeness (QED) is 0.510. The molecule has 3 aliphatic rings. The van der Waals surface area contributed by atoms with E-state index in [1.165, 1.54) is 4.90 Å². The molecule has 2 heterocycles. The average Bonchev–Trinajstić information content (AvgIpc) is 3.65. The molecule has 0 spiro atoms. The van der Waals surface area contributed by atoms with E-state index in [-0.39, 0.29) is 36.5 Å². The number of rotatable bonds is 4. The van der Waals surface area contributed by atoms with Gasteiger partial charge in [0.15, 0.2) is 0 Å². The first-order valence-corrected chi connectivity index (χ1v) is 12.5. The van der Waals surface area contributed by atoms with Crippen LogP contribution in [0.25, 0.3) is 11.1 Å². The van der Waals surface area contributed by atoms with Crippen molar-refractivity contribution in [2.75, 3.05) is 25.0 Å². The SMILES string of the molecule is O=C(Nc1ccccc1-c1ccccc1)N1CCN2C(=O)N([C@@H]3C[C@H]3c3ccc(Cl)cc3)C(=O)C2C1. The third kappa shape index (κ3) is 3.99. The second-order valence-electron chi connectivity index (χ2n) is 9.45. The lowest BCUT2D eigenvalue weighted by Gasteiger charge is -2.35. The number of carbonyl (C=O) groups excluding carboxylic acids is 3. The third-order valence-corrected chi connectivity index (χ3v) is 7.53. The minimum Gasteiger partial charge on any atom is -0.320 e. The summed E-state index contributed by atoms with van der Waals surface area (Å²) in [6.45, 7) is 0.880. The van der Waals surface area contributed by atoms with Crippen LogP contribution in [0.2, 0.25) is 5.02 Å². The zero-order valence-electron chi connectivity index (χ0n) is 19.5. The van der Waals surface area contributed by atoms with Crippen molar-refractivity contribution >= 4 is 35.3 Å². The summed E-state index contributed by atoms with van der Waals surface area (Å²) in [6.07, 6.45) is 0.750. The Labute approximate surface area is 214 Å². The molecule has 0 bridgehead atoms. The van der Waals surface area contributed by atoms with E-state index in [0.717, 1.165) is 23.1 Å². The predicted molar refractivity (Wildman–Crippen MR) is 138 cm³/mol. The van der Waals surface area contributed by atoms with E-state index in [4.69, 9.17) is 11.6 Å². The van der Waals surface area contributed by atoms with Crippen molar-refractivity contribution in [1.82, 2.24) is 14.7 Å². The van der Waals surface area contributed by atoms with Crippen LogP contribution in [-0.4, -0.2) is 64.4 Å². The van der Waals surface area contributed by atoms with E-state index in [2.05, 4.69) is 5.32 Å². The van der Waals surface area contributed by atoms with Gasteiger partial charge in [-0.1, -0.05) is 72.3 Å². The molecule has 3 fully saturated rings. The number of nitrogens with zero attached hydrogens (tertiary/aromatic N) is 3. The van der Waals surface area contributed by atoms with Crippen LogP contribution in [0.3, 0.4) is 0 Å². The first kappa shape index (κ1) is 22.6. The van der Waals surface area contributed by atoms with E-state index in [1.54, 1.807) is 9.80 Å². The fourth-order valence-electron chi connectivity index (χ4n) is 5.30. The molecule has 3 aromatic rings. The number of hydrogen-bond acceptors (Lipinski definition) is 3. The largest absolute Gasteiger partial charge is 0.327 e. The number of para-hydroxylation sites is 1. The minimum atomic E-state index is -0.646. The van der Waals surface area contributed by atoms with Crippen LogP contribution < -0.4 is 5.32 Å². The maximum absolute atomic E-state index is 13.3. The molecule has 2 aliphatic heterocycles. The van der Waals surface area contributed by atoms with Gasteiger partial charge in [-0.25, -0.2) is 9.59 Å². The van der Waals surface area contributed by atoms with E-state index in [1.807, 2.05) is 78.9 Å². The highest BCUT2D eigenvalue weighted by molar-refractivity contribution is 6.30. The number of piperazine rings is 1.